The first-order valence-electron chi connectivity index (χ1n) is 7.40. The van der Waals surface area contributed by atoms with Gasteiger partial charge in [-0.1, -0.05) is 6.92 Å². The Kier molecular flexibility index (Phi) is 5.55. The van der Waals surface area contributed by atoms with Gasteiger partial charge in [-0.25, -0.2) is 8.42 Å². The molecule has 1 aromatic heterocycles. The van der Waals surface area contributed by atoms with E-state index in [-0.39, 0.29) is 29.9 Å². The molecule has 22 heavy (non-hydrogen) atoms. The van der Waals surface area contributed by atoms with Crippen LogP contribution in [-0.2, 0) is 21.2 Å². The minimum absolute atomic E-state index is 0.0138. The fraction of sp³-hybridized carbons (Fsp3) is 0.714. The first-order chi connectivity index (χ1) is 10.4. The van der Waals surface area contributed by atoms with Crippen molar-refractivity contribution in [2.24, 2.45) is 5.92 Å². The predicted octanol–water partition coefficient (Wildman–Crippen LogP) is 1.20. The first kappa shape index (κ1) is 17.3. The van der Waals surface area contributed by atoms with Crippen LogP contribution in [0.3, 0.4) is 0 Å². The molecule has 2 heterocycles. The zero-order valence-electron chi connectivity index (χ0n) is 13.2. The first-order valence-corrected chi connectivity index (χ1v) is 10.6. The Bertz CT molecular complexity index is 627. The largest absolute Gasteiger partial charge is 0.333 e. The smallest absolute Gasteiger partial charge is 0.226 e. The van der Waals surface area contributed by atoms with Crippen LogP contribution in [0.1, 0.15) is 25.5 Å². The molecule has 1 fully saturated rings. The van der Waals surface area contributed by atoms with Gasteiger partial charge in [-0.15, -0.1) is 0 Å². The molecule has 0 saturated carbocycles. The Morgan fingerprint density at radius 1 is 1.55 bits per heavy atom. The second-order valence-corrected chi connectivity index (χ2v) is 8.79. The summed E-state index contributed by atoms with van der Waals surface area (Å²) in [4.78, 5) is 14.4. The number of aryl methyl sites for hydroxylation is 1. The lowest BCUT2D eigenvalue weighted by molar-refractivity contribution is -0.136. The van der Waals surface area contributed by atoms with Gasteiger partial charge in [-0.05, 0) is 13.2 Å². The highest BCUT2D eigenvalue weighted by Gasteiger charge is 2.37. The normalized spacial score (nSPS) is 22.5. The number of carbonyl (C=O) groups is 1. The molecule has 0 aromatic carbocycles. The van der Waals surface area contributed by atoms with Crippen molar-refractivity contribution in [2.75, 3.05) is 30.1 Å². The molecule has 0 spiro atoms. The highest BCUT2D eigenvalue weighted by atomic mass is 32.2. The number of amides is 1. The molecular weight excluding hydrogens is 322 g/mol. The van der Waals surface area contributed by atoms with Crippen LogP contribution < -0.4 is 0 Å². The lowest BCUT2D eigenvalue weighted by atomic mass is 10.1. The van der Waals surface area contributed by atoms with E-state index in [1.165, 1.54) is 0 Å². The van der Waals surface area contributed by atoms with E-state index in [1.54, 1.807) is 27.5 Å². The molecule has 1 aliphatic heterocycles. The quantitative estimate of drug-likeness (QED) is 0.802. The third kappa shape index (κ3) is 3.84. The van der Waals surface area contributed by atoms with E-state index in [1.807, 2.05) is 26.3 Å². The van der Waals surface area contributed by atoms with E-state index in [4.69, 9.17) is 0 Å². The number of nitrogens with zero attached hydrogens (tertiary/aromatic N) is 3. The topological polar surface area (TPSA) is 72.3 Å². The van der Waals surface area contributed by atoms with Crippen LogP contribution in [0.2, 0.25) is 0 Å². The van der Waals surface area contributed by atoms with Gasteiger partial charge in [0.15, 0.2) is 9.84 Å². The van der Waals surface area contributed by atoms with Crippen LogP contribution >= 0.6 is 11.8 Å². The second kappa shape index (κ2) is 7.04. The van der Waals surface area contributed by atoms with Gasteiger partial charge in [-0.3, -0.25) is 9.48 Å². The molecule has 2 rings (SSSR count). The van der Waals surface area contributed by atoms with Gasteiger partial charge in [0.2, 0.25) is 5.91 Å². The second-order valence-electron chi connectivity index (χ2n) is 5.65. The molecule has 8 heteroatoms. The molecule has 1 aliphatic rings. The van der Waals surface area contributed by atoms with Gasteiger partial charge >= 0.3 is 0 Å². The molecule has 1 amide bonds. The highest BCUT2D eigenvalue weighted by Crippen LogP contribution is 2.28. The van der Waals surface area contributed by atoms with E-state index >= 15 is 0 Å². The van der Waals surface area contributed by atoms with Crippen LogP contribution in [0.5, 0.6) is 0 Å². The SMILES string of the molecule is CCn1cc(C2CS(=O)(=O)CCN2C(=O)C(C)CSC)cn1. The Balaban J connectivity index is 2.28. The number of rotatable bonds is 5. The summed E-state index contributed by atoms with van der Waals surface area (Å²) in [6.45, 7) is 4.85. The average Bonchev–Trinajstić information content (AvgIpc) is 2.95. The lowest BCUT2D eigenvalue weighted by Gasteiger charge is -2.36. The zero-order chi connectivity index (χ0) is 16.3. The van der Waals surface area contributed by atoms with Gasteiger partial charge in [0.05, 0.1) is 23.7 Å². The van der Waals surface area contributed by atoms with Crippen molar-refractivity contribution < 1.29 is 13.2 Å². The van der Waals surface area contributed by atoms with Gasteiger partial charge in [0, 0.05) is 36.5 Å². The predicted molar refractivity (Wildman–Crippen MR) is 88.6 cm³/mol. The summed E-state index contributed by atoms with van der Waals surface area (Å²) in [6, 6.07) is -0.421. The van der Waals surface area contributed by atoms with Crippen molar-refractivity contribution in [1.29, 1.82) is 0 Å². The van der Waals surface area contributed by atoms with Crippen LogP contribution in [0.25, 0.3) is 0 Å². The molecule has 1 aromatic rings. The summed E-state index contributed by atoms with van der Waals surface area (Å²) in [5.74, 6) is 0.685. The summed E-state index contributed by atoms with van der Waals surface area (Å²) in [7, 11) is -3.12. The van der Waals surface area contributed by atoms with Crippen molar-refractivity contribution in [3.05, 3.63) is 18.0 Å². The number of thioether (sulfide) groups is 1. The van der Waals surface area contributed by atoms with Gasteiger partial charge in [-0.2, -0.15) is 16.9 Å². The van der Waals surface area contributed by atoms with Crippen molar-refractivity contribution in [2.45, 2.75) is 26.4 Å². The molecule has 2 unspecified atom stereocenters. The molecule has 124 valence electrons. The fourth-order valence-corrected chi connectivity index (χ4v) is 4.81. The summed E-state index contributed by atoms with van der Waals surface area (Å²) in [6.07, 6.45) is 5.48. The number of aromatic nitrogens is 2. The van der Waals surface area contributed by atoms with E-state index in [0.717, 1.165) is 17.9 Å². The summed E-state index contributed by atoms with van der Waals surface area (Å²) in [5.41, 5.74) is 0.801. The number of sulfone groups is 1. The van der Waals surface area contributed by atoms with Crippen LogP contribution in [0.15, 0.2) is 12.4 Å². The molecule has 6 nitrogen and oxygen atoms in total. The molecule has 0 N–H and O–H groups in total. The molecular formula is C14H23N3O3S2. The standard InChI is InChI=1S/C14H23N3O3S2/c1-4-16-8-12(7-15-16)13-10-22(19,20)6-5-17(13)14(18)11(2)9-21-3/h7-8,11,13H,4-6,9-10H2,1-3H3. The maximum absolute atomic E-state index is 12.6. The van der Waals surface area contributed by atoms with E-state index in [2.05, 4.69) is 5.10 Å². The van der Waals surface area contributed by atoms with Crippen molar-refractivity contribution in [1.82, 2.24) is 14.7 Å². The summed E-state index contributed by atoms with van der Waals surface area (Å²) in [5, 5.41) is 4.21. The molecule has 0 radical (unpaired) electrons. The van der Waals surface area contributed by atoms with Crippen LogP contribution in [0.4, 0.5) is 0 Å². The Morgan fingerprint density at radius 3 is 2.86 bits per heavy atom. The number of hydrogen-bond donors (Lipinski definition) is 0. The third-order valence-corrected chi connectivity index (χ3v) is 6.38. The Labute approximate surface area is 136 Å². The maximum atomic E-state index is 12.6. The van der Waals surface area contributed by atoms with Crippen molar-refractivity contribution in [3.63, 3.8) is 0 Å². The van der Waals surface area contributed by atoms with Gasteiger partial charge < -0.3 is 4.90 Å². The van der Waals surface area contributed by atoms with Crippen molar-refractivity contribution in [3.8, 4) is 0 Å². The van der Waals surface area contributed by atoms with Crippen LogP contribution in [0, 0.1) is 5.92 Å². The average molecular weight is 345 g/mol. The van der Waals surface area contributed by atoms with E-state index in [0.29, 0.717) is 0 Å². The molecule has 0 aliphatic carbocycles. The van der Waals surface area contributed by atoms with E-state index in [9.17, 15) is 13.2 Å². The van der Waals surface area contributed by atoms with Gasteiger partial charge in [0.25, 0.3) is 0 Å². The number of hydrogen-bond acceptors (Lipinski definition) is 5. The van der Waals surface area contributed by atoms with E-state index < -0.39 is 15.9 Å². The molecule has 1 saturated heterocycles. The fourth-order valence-electron chi connectivity index (χ4n) is 2.68. The summed E-state index contributed by atoms with van der Waals surface area (Å²) < 4.78 is 25.8. The van der Waals surface area contributed by atoms with Crippen molar-refractivity contribution >= 4 is 27.5 Å². The third-order valence-electron chi connectivity index (χ3n) is 3.91. The molecule has 0 bridgehead atoms. The summed E-state index contributed by atoms with van der Waals surface area (Å²) >= 11 is 1.62. The Hall–Kier alpha value is -1.02. The minimum atomic E-state index is -3.12. The maximum Gasteiger partial charge on any atom is 0.226 e. The minimum Gasteiger partial charge on any atom is -0.333 e. The lowest BCUT2D eigenvalue weighted by Crippen LogP contribution is -2.48. The monoisotopic (exact) mass is 345 g/mol. The molecule has 2 atom stereocenters. The van der Waals surface area contributed by atoms with Gasteiger partial charge in [0.1, 0.15) is 0 Å². The highest BCUT2D eigenvalue weighted by molar-refractivity contribution is 7.98. The Morgan fingerprint density at radius 2 is 2.27 bits per heavy atom. The number of carbonyl (C=O) groups excluding carboxylic acids is 1. The van der Waals surface area contributed by atoms with Crippen LogP contribution in [-0.4, -0.2) is 59.1 Å². The zero-order valence-corrected chi connectivity index (χ0v) is 14.9.